The van der Waals surface area contributed by atoms with Crippen LogP contribution in [0.5, 0.6) is 0 Å². The number of hydrogen-bond acceptors (Lipinski definition) is 6. The van der Waals surface area contributed by atoms with Gasteiger partial charge in [0.2, 0.25) is 0 Å². The maximum absolute atomic E-state index is 6.31. The lowest BCUT2D eigenvalue weighted by Crippen LogP contribution is -2.48. The van der Waals surface area contributed by atoms with Crippen LogP contribution >= 0.6 is 0 Å². The predicted molar refractivity (Wildman–Crippen MR) is 96.2 cm³/mol. The highest BCUT2D eigenvalue weighted by Crippen LogP contribution is 2.37. The second kappa shape index (κ2) is 8.63. The van der Waals surface area contributed by atoms with Crippen molar-refractivity contribution in [2.45, 2.75) is 63.3 Å². The summed E-state index contributed by atoms with van der Waals surface area (Å²) in [7, 11) is 0. The fourth-order valence-corrected chi connectivity index (χ4v) is 5.29. The molecular weight excluding hydrogens is 318 g/mol. The second-order valence-corrected chi connectivity index (χ2v) is 8.46. The maximum Gasteiger partial charge on any atom is 0.0784 e. The van der Waals surface area contributed by atoms with Gasteiger partial charge in [0.15, 0.2) is 0 Å². The van der Waals surface area contributed by atoms with Crippen LogP contribution in [0.2, 0.25) is 0 Å². The molecular formula is C19H35N3O3. The topological polar surface area (TPSA) is 63.8 Å². The molecule has 3 saturated heterocycles. The fourth-order valence-electron chi connectivity index (χ4n) is 5.29. The van der Waals surface area contributed by atoms with Crippen molar-refractivity contribution in [1.82, 2.24) is 16.2 Å². The number of ether oxygens (including phenoxy) is 3. The highest BCUT2D eigenvalue weighted by atomic mass is 16.6. The summed E-state index contributed by atoms with van der Waals surface area (Å²) in [4.78, 5) is 0. The third-order valence-corrected chi connectivity index (χ3v) is 6.55. The largest absolute Gasteiger partial charge is 0.379 e. The van der Waals surface area contributed by atoms with Gasteiger partial charge in [0.1, 0.15) is 0 Å². The Bertz CT molecular complexity index is 425. The fraction of sp³-hybridized carbons (Fsp3) is 1.00. The van der Waals surface area contributed by atoms with Gasteiger partial charge in [-0.25, -0.2) is 0 Å². The number of nitrogens with one attached hydrogen (secondary N) is 3. The molecule has 3 aliphatic heterocycles. The molecule has 25 heavy (non-hydrogen) atoms. The summed E-state index contributed by atoms with van der Waals surface area (Å²) in [6.45, 7) is 7.28. The predicted octanol–water partition coefficient (Wildman–Crippen LogP) is 1.07. The zero-order valence-corrected chi connectivity index (χ0v) is 15.5. The number of hydrogen-bond donors (Lipinski definition) is 3. The van der Waals surface area contributed by atoms with Gasteiger partial charge in [-0.15, -0.1) is 0 Å². The quantitative estimate of drug-likeness (QED) is 0.605. The molecule has 1 aliphatic carbocycles. The van der Waals surface area contributed by atoms with Crippen LogP contribution < -0.4 is 16.2 Å². The van der Waals surface area contributed by atoms with E-state index in [1.807, 2.05) is 0 Å². The van der Waals surface area contributed by atoms with Crippen LogP contribution in [0, 0.1) is 17.8 Å². The summed E-state index contributed by atoms with van der Waals surface area (Å²) < 4.78 is 17.8. The van der Waals surface area contributed by atoms with Gasteiger partial charge in [-0.2, -0.15) is 0 Å². The highest BCUT2D eigenvalue weighted by molar-refractivity contribution is 5.00. The zero-order chi connectivity index (χ0) is 17.1. The van der Waals surface area contributed by atoms with Crippen molar-refractivity contribution < 1.29 is 14.2 Å². The van der Waals surface area contributed by atoms with Crippen molar-refractivity contribution in [2.75, 3.05) is 39.5 Å². The summed E-state index contributed by atoms with van der Waals surface area (Å²) in [5, 5.41) is 3.67. The smallest absolute Gasteiger partial charge is 0.0784 e. The van der Waals surface area contributed by atoms with Crippen molar-refractivity contribution in [3.05, 3.63) is 0 Å². The van der Waals surface area contributed by atoms with Gasteiger partial charge in [0.25, 0.3) is 0 Å². The molecule has 6 nitrogen and oxygen atoms in total. The standard InChI is InChI=1S/C19H35N3O3/c1-13-12-24-7-6-23-5-4-14-8-15(11-20-10-14)19-17-9-16(25-13)2-3-18(17)21-22-19/h13-22H,2-12H2,1H3/t13-,14?,15?,16?,17?,18?,19?/m0/s1. The third-order valence-electron chi connectivity index (χ3n) is 6.55. The monoisotopic (exact) mass is 353 g/mol. The summed E-state index contributed by atoms with van der Waals surface area (Å²) in [5.41, 5.74) is 7.24. The molecule has 144 valence electrons. The summed E-state index contributed by atoms with van der Waals surface area (Å²) in [6, 6.07) is 1.17. The molecule has 1 saturated carbocycles. The minimum Gasteiger partial charge on any atom is -0.379 e. The molecule has 6 heteroatoms. The first kappa shape index (κ1) is 18.1. The van der Waals surface area contributed by atoms with E-state index >= 15 is 0 Å². The summed E-state index contributed by atoms with van der Waals surface area (Å²) in [6.07, 6.45) is 6.53. The Kier molecular flexibility index (Phi) is 6.26. The average molecular weight is 354 g/mol. The minimum absolute atomic E-state index is 0.163. The van der Waals surface area contributed by atoms with Crippen molar-refractivity contribution >= 4 is 0 Å². The van der Waals surface area contributed by atoms with E-state index in [0.717, 1.165) is 38.5 Å². The lowest BCUT2D eigenvalue weighted by Gasteiger charge is -2.39. The molecule has 6 unspecified atom stereocenters. The number of piperidine rings is 1. The first-order valence-corrected chi connectivity index (χ1v) is 10.3. The van der Waals surface area contributed by atoms with E-state index < -0.39 is 0 Å². The molecule has 3 heterocycles. The molecule has 0 spiro atoms. The molecule has 0 amide bonds. The molecule has 0 radical (unpaired) electrons. The summed E-state index contributed by atoms with van der Waals surface area (Å²) in [5.74, 6) is 2.11. The Labute approximate surface area is 151 Å². The van der Waals surface area contributed by atoms with Crippen LogP contribution in [0.3, 0.4) is 0 Å². The first-order chi connectivity index (χ1) is 12.3. The Hall–Kier alpha value is -0.240. The molecule has 4 fully saturated rings. The molecule has 0 aromatic carbocycles. The lowest BCUT2D eigenvalue weighted by atomic mass is 9.73. The number of hydrazine groups is 1. The van der Waals surface area contributed by atoms with Crippen molar-refractivity contribution in [3.8, 4) is 0 Å². The molecule has 3 N–H and O–H groups in total. The van der Waals surface area contributed by atoms with Crippen LogP contribution in [0.1, 0.15) is 39.0 Å². The van der Waals surface area contributed by atoms with Crippen LogP contribution in [0.15, 0.2) is 0 Å². The molecule has 4 bridgehead atoms. The zero-order valence-electron chi connectivity index (χ0n) is 15.5. The van der Waals surface area contributed by atoms with Gasteiger partial charge in [-0.1, -0.05) is 0 Å². The maximum atomic E-state index is 6.31. The second-order valence-electron chi connectivity index (χ2n) is 8.46. The summed E-state index contributed by atoms with van der Waals surface area (Å²) >= 11 is 0. The Morgan fingerprint density at radius 3 is 2.76 bits per heavy atom. The first-order valence-electron chi connectivity index (χ1n) is 10.3. The average Bonchev–Trinajstić information content (AvgIpc) is 3.03. The molecule has 0 aromatic rings. The molecule has 4 aliphatic rings. The van der Waals surface area contributed by atoms with Gasteiger partial charge in [-0.3, -0.25) is 10.9 Å². The van der Waals surface area contributed by atoms with Crippen LogP contribution in [-0.2, 0) is 14.2 Å². The molecule has 0 aromatic heterocycles. The number of rotatable bonds is 0. The van der Waals surface area contributed by atoms with E-state index in [2.05, 4.69) is 23.1 Å². The minimum atomic E-state index is 0.163. The van der Waals surface area contributed by atoms with Crippen molar-refractivity contribution in [2.24, 2.45) is 17.8 Å². The molecule has 7 atom stereocenters. The Balaban J connectivity index is 1.44. The van der Waals surface area contributed by atoms with Gasteiger partial charge in [-0.05, 0) is 69.9 Å². The van der Waals surface area contributed by atoms with E-state index in [-0.39, 0.29) is 6.10 Å². The third kappa shape index (κ3) is 4.54. The SMILES string of the molecule is C[C@H]1COCCOCCC2CNCC(C2)C2NNC3CCC(CC32)O1. The van der Waals surface area contributed by atoms with Crippen molar-refractivity contribution in [1.29, 1.82) is 0 Å². The van der Waals surface area contributed by atoms with E-state index in [0.29, 0.717) is 49.8 Å². The number of fused-ring (bicyclic) bond motifs is 4. The van der Waals surface area contributed by atoms with Gasteiger partial charge in [0.05, 0.1) is 32.0 Å². The van der Waals surface area contributed by atoms with Gasteiger partial charge in [0, 0.05) is 18.7 Å². The van der Waals surface area contributed by atoms with E-state index in [4.69, 9.17) is 14.2 Å². The molecule has 4 rings (SSSR count). The van der Waals surface area contributed by atoms with E-state index in [1.165, 1.54) is 19.3 Å². The van der Waals surface area contributed by atoms with Crippen molar-refractivity contribution in [3.63, 3.8) is 0 Å². The Morgan fingerprint density at radius 2 is 1.80 bits per heavy atom. The van der Waals surface area contributed by atoms with E-state index in [1.54, 1.807) is 0 Å². The normalized spacial score (nSPS) is 46.7. The van der Waals surface area contributed by atoms with Gasteiger partial charge >= 0.3 is 0 Å². The van der Waals surface area contributed by atoms with Crippen LogP contribution in [-0.4, -0.2) is 63.8 Å². The lowest BCUT2D eigenvalue weighted by molar-refractivity contribution is -0.0769. The highest BCUT2D eigenvalue weighted by Gasteiger charge is 2.44. The van der Waals surface area contributed by atoms with Gasteiger partial charge < -0.3 is 19.5 Å². The Morgan fingerprint density at radius 1 is 0.880 bits per heavy atom. The van der Waals surface area contributed by atoms with Crippen LogP contribution in [0.25, 0.3) is 0 Å². The van der Waals surface area contributed by atoms with E-state index in [9.17, 15) is 0 Å². The van der Waals surface area contributed by atoms with Crippen LogP contribution in [0.4, 0.5) is 0 Å².